The molecule has 0 fully saturated rings. The molecule has 10 nitrogen and oxygen atoms in total. The van der Waals surface area contributed by atoms with Crippen LogP contribution in [0.3, 0.4) is 0 Å². The average Bonchev–Trinajstić information content (AvgIpc) is 2.97. The maximum atomic E-state index is 11.7. The first-order chi connectivity index (χ1) is 12.4. The van der Waals surface area contributed by atoms with E-state index in [0.29, 0.717) is 11.5 Å². The van der Waals surface area contributed by atoms with Crippen LogP contribution < -0.4 is 22.1 Å². The smallest absolute Gasteiger partial charge is 0.271 e. The molecule has 3 heterocycles. The molecule has 10 heteroatoms. The van der Waals surface area contributed by atoms with E-state index in [0.717, 1.165) is 5.52 Å². The number of nitrogens with one attached hydrogen (secondary N) is 2. The van der Waals surface area contributed by atoms with Crippen molar-refractivity contribution in [2.24, 2.45) is 11.5 Å². The molecular formula is C16H18N8O2. The molecule has 3 aromatic rings. The lowest BCUT2D eigenvalue weighted by molar-refractivity contribution is -0.118. The largest absolute Gasteiger partial charge is 0.370 e. The van der Waals surface area contributed by atoms with Gasteiger partial charge in [-0.25, -0.2) is 14.5 Å². The lowest BCUT2D eigenvalue weighted by atomic mass is 10.2. The number of hydrogen-bond acceptors (Lipinski definition) is 7. The van der Waals surface area contributed by atoms with Gasteiger partial charge in [-0.15, -0.1) is 0 Å². The fourth-order valence-corrected chi connectivity index (χ4v) is 2.49. The van der Waals surface area contributed by atoms with Crippen LogP contribution in [0.5, 0.6) is 0 Å². The summed E-state index contributed by atoms with van der Waals surface area (Å²) in [4.78, 5) is 31.1. The minimum absolute atomic E-state index is 0.00612. The summed E-state index contributed by atoms with van der Waals surface area (Å²) >= 11 is 0. The number of aromatic nitrogens is 4. The van der Waals surface area contributed by atoms with E-state index in [1.807, 2.05) is 18.2 Å². The fraction of sp³-hybridized carbons (Fsp3) is 0.188. The molecule has 1 atom stereocenters. The molecule has 2 amide bonds. The molecule has 0 radical (unpaired) electrons. The fourth-order valence-electron chi connectivity index (χ4n) is 2.49. The molecule has 0 spiro atoms. The molecule has 1 unspecified atom stereocenters. The van der Waals surface area contributed by atoms with Crippen LogP contribution in [-0.2, 0) is 4.79 Å². The van der Waals surface area contributed by atoms with Crippen LogP contribution in [0.15, 0.2) is 36.8 Å². The highest BCUT2D eigenvalue weighted by molar-refractivity contribution is 5.97. The lowest BCUT2D eigenvalue weighted by Gasteiger charge is -2.14. The van der Waals surface area contributed by atoms with Crippen LogP contribution in [0.2, 0.25) is 0 Å². The Bertz CT molecular complexity index is 968. The number of carbonyl (C=O) groups excluding carboxylic acids is 2. The first kappa shape index (κ1) is 17.1. The SMILES string of the molecule is CC(CC(N)=O)Nc1cnc(C(N)=O)c(Nc2cnn3ccccc23)n1. The zero-order chi connectivity index (χ0) is 18.7. The number of primary amides is 2. The highest BCUT2D eigenvalue weighted by atomic mass is 16.1. The van der Waals surface area contributed by atoms with E-state index in [9.17, 15) is 9.59 Å². The summed E-state index contributed by atoms with van der Waals surface area (Å²) in [7, 11) is 0. The summed E-state index contributed by atoms with van der Waals surface area (Å²) in [6.45, 7) is 1.78. The normalized spacial score (nSPS) is 11.9. The standard InChI is InChI=1S/C16H18N8O2/c1-9(6-12(17)25)21-13-8-19-14(15(18)26)16(23-13)22-10-7-20-24-5-3-2-4-11(10)24/h2-5,7-9H,6H2,1H3,(H2,17,25)(H2,18,26)(H2,21,22,23). The third-order valence-corrected chi connectivity index (χ3v) is 3.59. The molecular weight excluding hydrogens is 336 g/mol. The number of hydrogen-bond donors (Lipinski definition) is 4. The van der Waals surface area contributed by atoms with Crippen LogP contribution >= 0.6 is 0 Å². The number of nitrogens with two attached hydrogens (primary N) is 2. The molecule has 0 saturated heterocycles. The van der Waals surface area contributed by atoms with E-state index in [-0.39, 0.29) is 24.0 Å². The molecule has 134 valence electrons. The topological polar surface area (TPSA) is 153 Å². The maximum absolute atomic E-state index is 11.7. The second-order valence-corrected chi connectivity index (χ2v) is 5.75. The van der Waals surface area contributed by atoms with E-state index in [1.54, 1.807) is 23.8 Å². The van der Waals surface area contributed by atoms with Gasteiger partial charge in [0.2, 0.25) is 5.91 Å². The van der Waals surface area contributed by atoms with Crippen LogP contribution in [0, 0.1) is 0 Å². The zero-order valence-electron chi connectivity index (χ0n) is 14.0. The molecule has 6 N–H and O–H groups in total. The predicted octanol–water partition coefficient (Wildman–Crippen LogP) is 0.643. The molecule has 0 aromatic carbocycles. The Morgan fingerprint density at radius 2 is 2.08 bits per heavy atom. The van der Waals surface area contributed by atoms with Gasteiger partial charge in [0.15, 0.2) is 11.5 Å². The van der Waals surface area contributed by atoms with Gasteiger partial charge in [-0.3, -0.25) is 9.59 Å². The van der Waals surface area contributed by atoms with Gasteiger partial charge in [0.05, 0.1) is 23.6 Å². The molecule has 0 bridgehead atoms. The third kappa shape index (κ3) is 3.69. The van der Waals surface area contributed by atoms with Crippen molar-refractivity contribution in [3.05, 3.63) is 42.5 Å². The molecule has 3 aromatic heterocycles. The summed E-state index contributed by atoms with van der Waals surface area (Å²) in [6, 6.07) is 5.34. The number of pyridine rings is 1. The van der Waals surface area contributed by atoms with Crippen molar-refractivity contribution in [1.29, 1.82) is 0 Å². The second kappa shape index (κ2) is 7.05. The van der Waals surface area contributed by atoms with Gasteiger partial charge in [-0.05, 0) is 19.1 Å². The average molecular weight is 354 g/mol. The minimum atomic E-state index is -0.715. The summed E-state index contributed by atoms with van der Waals surface area (Å²) in [6.07, 6.45) is 4.91. The first-order valence-corrected chi connectivity index (χ1v) is 7.85. The molecule has 0 aliphatic heterocycles. The van der Waals surface area contributed by atoms with Gasteiger partial charge >= 0.3 is 0 Å². The third-order valence-electron chi connectivity index (χ3n) is 3.59. The van der Waals surface area contributed by atoms with E-state index in [4.69, 9.17) is 11.5 Å². The van der Waals surface area contributed by atoms with Gasteiger partial charge in [0.1, 0.15) is 5.82 Å². The lowest BCUT2D eigenvalue weighted by Crippen LogP contribution is -2.25. The van der Waals surface area contributed by atoms with Crippen molar-refractivity contribution in [3.8, 4) is 0 Å². The van der Waals surface area contributed by atoms with E-state index < -0.39 is 11.8 Å². The van der Waals surface area contributed by atoms with Crippen molar-refractivity contribution >= 4 is 34.7 Å². The number of rotatable bonds is 7. The molecule has 0 saturated carbocycles. The summed E-state index contributed by atoms with van der Waals surface area (Å²) in [5.41, 5.74) is 12.0. The van der Waals surface area contributed by atoms with Crippen LogP contribution in [0.4, 0.5) is 17.3 Å². The minimum Gasteiger partial charge on any atom is -0.370 e. The van der Waals surface area contributed by atoms with Gasteiger partial charge in [-0.2, -0.15) is 5.10 Å². The van der Waals surface area contributed by atoms with Crippen LogP contribution in [-0.4, -0.2) is 37.4 Å². The van der Waals surface area contributed by atoms with Crippen molar-refractivity contribution in [2.45, 2.75) is 19.4 Å². The molecule has 3 rings (SSSR count). The van der Waals surface area contributed by atoms with E-state index >= 15 is 0 Å². The Labute approximate surface area is 148 Å². The van der Waals surface area contributed by atoms with Crippen LogP contribution in [0.25, 0.3) is 5.52 Å². The Balaban J connectivity index is 1.92. The second-order valence-electron chi connectivity index (χ2n) is 5.75. The summed E-state index contributed by atoms with van der Waals surface area (Å²) < 4.78 is 1.68. The Morgan fingerprint density at radius 3 is 2.81 bits per heavy atom. The number of fused-ring (bicyclic) bond motifs is 1. The van der Waals surface area contributed by atoms with Gasteiger partial charge in [-0.1, -0.05) is 6.07 Å². The van der Waals surface area contributed by atoms with Crippen molar-refractivity contribution < 1.29 is 9.59 Å². The quantitative estimate of drug-likeness (QED) is 0.485. The Kier molecular flexibility index (Phi) is 4.65. The predicted molar refractivity (Wildman–Crippen MR) is 95.9 cm³/mol. The van der Waals surface area contributed by atoms with Crippen molar-refractivity contribution in [1.82, 2.24) is 19.6 Å². The van der Waals surface area contributed by atoms with Gasteiger partial charge < -0.3 is 22.1 Å². The number of amides is 2. The number of nitrogens with zero attached hydrogens (tertiary/aromatic N) is 4. The molecule has 26 heavy (non-hydrogen) atoms. The van der Waals surface area contributed by atoms with Crippen LogP contribution in [0.1, 0.15) is 23.8 Å². The highest BCUT2D eigenvalue weighted by Crippen LogP contribution is 2.23. The first-order valence-electron chi connectivity index (χ1n) is 7.85. The Hall–Kier alpha value is -3.69. The molecule has 0 aliphatic rings. The molecule has 0 aliphatic carbocycles. The monoisotopic (exact) mass is 354 g/mol. The van der Waals surface area contributed by atoms with Gasteiger partial charge in [0, 0.05) is 18.7 Å². The van der Waals surface area contributed by atoms with Crippen molar-refractivity contribution in [3.63, 3.8) is 0 Å². The van der Waals surface area contributed by atoms with Crippen molar-refractivity contribution in [2.75, 3.05) is 10.6 Å². The highest BCUT2D eigenvalue weighted by Gasteiger charge is 2.16. The van der Waals surface area contributed by atoms with E-state index in [1.165, 1.54) is 6.20 Å². The van der Waals surface area contributed by atoms with E-state index in [2.05, 4.69) is 25.7 Å². The Morgan fingerprint density at radius 1 is 1.27 bits per heavy atom. The summed E-state index contributed by atoms with van der Waals surface area (Å²) in [5, 5.41) is 10.3. The number of anilines is 3. The van der Waals surface area contributed by atoms with Gasteiger partial charge in [0.25, 0.3) is 5.91 Å². The summed E-state index contributed by atoms with van der Waals surface area (Å²) in [5.74, 6) is -0.583. The maximum Gasteiger partial charge on any atom is 0.271 e. The zero-order valence-corrected chi connectivity index (χ0v) is 14.0. The number of carbonyl (C=O) groups is 2.